The van der Waals surface area contributed by atoms with E-state index in [1.807, 2.05) is 12.1 Å². The summed E-state index contributed by atoms with van der Waals surface area (Å²) < 4.78 is 29.0. The third-order valence-electron chi connectivity index (χ3n) is 4.72. The molecule has 0 fully saturated rings. The first kappa shape index (κ1) is 18.9. The summed E-state index contributed by atoms with van der Waals surface area (Å²) in [5.41, 5.74) is 2.60. The Balaban J connectivity index is 1.78. The van der Waals surface area contributed by atoms with Crippen LogP contribution < -0.4 is 4.72 Å². The highest BCUT2D eigenvalue weighted by Gasteiger charge is 2.23. The number of ketones is 1. The number of nitrogens with one attached hydrogen (secondary N) is 1. The fourth-order valence-electron chi connectivity index (χ4n) is 3.41. The Kier molecular flexibility index (Phi) is 4.68. The van der Waals surface area contributed by atoms with E-state index in [-0.39, 0.29) is 17.1 Å². The standard InChI is InChI=1S/C22H18N2O4S/c1-15(25)17-11-12-20-21(18-9-5-6-10-19(18)24(20)13-17)22(26)23-29(27,28)14-16-7-3-2-4-8-16/h2-13H,14H2,1H3,(H,23,26). The highest BCUT2D eigenvalue weighted by atomic mass is 32.2. The van der Waals surface area contributed by atoms with Gasteiger partial charge in [0.1, 0.15) is 0 Å². The SMILES string of the molecule is CC(=O)c1ccc2c(C(=O)NS(=O)(=O)Cc3ccccc3)c3ccccc3n2c1. The molecule has 4 aromatic rings. The molecule has 29 heavy (non-hydrogen) atoms. The van der Waals surface area contributed by atoms with Crippen LogP contribution in [0.25, 0.3) is 16.4 Å². The third-order valence-corrected chi connectivity index (χ3v) is 5.93. The van der Waals surface area contributed by atoms with Crippen molar-refractivity contribution < 1.29 is 18.0 Å². The van der Waals surface area contributed by atoms with Crippen LogP contribution in [0.5, 0.6) is 0 Å². The van der Waals surface area contributed by atoms with E-state index < -0.39 is 15.9 Å². The molecule has 2 aromatic carbocycles. The van der Waals surface area contributed by atoms with Gasteiger partial charge < -0.3 is 4.40 Å². The summed E-state index contributed by atoms with van der Waals surface area (Å²) in [6.45, 7) is 1.47. The Bertz CT molecular complexity index is 1360. The molecule has 146 valence electrons. The lowest BCUT2D eigenvalue weighted by Crippen LogP contribution is -2.31. The van der Waals surface area contributed by atoms with Gasteiger partial charge in [-0.15, -0.1) is 0 Å². The van der Waals surface area contributed by atoms with Crippen LogP contribution in [0, 0.1) is 0 Å². The van der Waals surface area contributed by atoms with Crippen LogP contribution in [0.3, 0.4) is 0 Å². The lowest BCUT2D eigenvalue weighted by Gasteiger charge is -2.07. The Labute approximate surface area is 167 Å². The second-order valence-corrected chi connectivity index (χ2v) is 8.52. The fourth-order valence-corrected chi connectivity index (χ4v) is 4.49. The van der Waals surface area contributed by atoms with Crippen molar-refractivity contribution in [2.75, 3.05) is 0 Å². The van der Waals surface area contributed by atoms with E-state index >= 15 is 0 Å². The zero-order chi connectivity index (χ0) is 20.6. The molecule has 0 radical (unpaired) electrons. The van der Waals surface area contributed by atoms with Crippen molar-refractivity contribution in [2.45, 2.75) is 12.7 Å². The Hall–Kier alpha value is -3.45. The maximum atomic E-state index is 13.0. The average molecular weight is 406 g/mol. The van der Waals surface area contributed by atoms with Crippen LogP contribution in [-0.4, -0.2) is 24.5 Å². The number of benzene rings is 2. The summed E-state index contributed by atoms with van der Waals surface area (Å²) in [5.74, 6) is -1.09. The monoisotopic (exact) mass is 406 g/mol. The van der Waals surface area contributed by atoms with Crippen molar-refractivity contribution in [2.24, 2.45) is 0 Å². The van der Waals surface area contributed by atoms with E-state index in [4.69, 9.17) is 0 Å². The topological polar surface area (TPSA) is 84.7 Å². The number of nitrogens with zero attached hydrogens (tertiary/aromatic N) is 1. The number of carbonyl (C=O) groups excluding carboxylic acids is 2. The normalized spacial score (nSPS) is 11.6. The van der Waals surface area contributed by atoms with Crippen molar-refractivity contribution >= 4 is 38.1 Å². The maximum absolute atomic E-state index is 13.0. The molecule has 0 atom stereocenters. The van der Waals surface area contributed by atoms with E-state index in [2.05, 4.69) is 4.72 Å². The number of rotatable bonds is 5. The van der Waals surface area contributed by atoms with Gasteiger partial charge in [0, 0.05) is 17.1 Å². The maximum Gasteiger partial charge on any atom is 0.267 e. The first-order valence-corrected chi connectivity index (χ1v) is 10.6. The minimum Gasteiger partial charge on any atom is -0.315 e. The van der Waals surface area contributed by atoms with Gasteiger partial charge in [-0.05, 0) is 30.7 Å². The zero-order valence-corrected chi connectivity index (χ0v) is 16.4. The van der Waals surface area contributed by atoms with Crippen LogP contribution in [-0.2, 0) is 15.8 Å². The number of hydrogen-bond acceptors (Lipinski definition) is 4. The summed E-state index contributed by atoms with van der Waals surface area (Å²) in [7, 11) is -3.88. The summed E-state index contributed by atoms with van der Waals surface area (Å²) in [6, 6.07) is 19.1. The minimum absolute atomic E-state index is 0.0962. The van der Waals surface area contributed by atoms with Gasteiger partial charge in [0.05, 0.1) is 22.3 Å². The highest BCUT2D eigenvalue weighted by molar-refractivity contribution is 7.89. The van der Waals surface area contributed by atoms with Crippen LogP contribution >= 0.6 is 0 Å². The highest BCUT2D eigenvalue weighted by Crippen LogP contribution is 2.27. The van der Waals surface area contributed by atoms with Gasteiger partial charge in [-0.1, -0.05) is 48.5 Å². The Morgan fingerprint density at radius 2 is 1.59 bits per heavy atom. The van der Waals surface area contributed by atoms with Crippen LogP contribution in [0.1, 0.15) is 33.2 Å². The zero-order valence-electron chi connectivity index (χ0n) is 15.6. The van der Waals surface area contributed by atoms with Crippen molar-refractivity contribution in [1.82, 2.24) is 9.12 Å². The quantitative estimate of drug-likeness (QED) is 0.514. The number of aromatic nitrogens is 1. The van der Waals surface area contributed by atoms with Gasteiger partial charge >= 0.3 is 0 Å². The van der Waals surface area contributed by atoms with Crippen molar-refractivity contribution in [3.8, 4) is 0 Å². The fraction of sp³-hybridized carbons (Fsp3) is 0.0909. The summed E-state index contributed by atoms with van der Waals surface area (Å²) >= 11 is 0. The molecule has 0 saturated heterocycles. The van der Waals surface area contributed by atoms with E-state index in [9.17, 15) is 18.0 Å². The van der Waals surface area contributed by atoms with E-state index in [0.29, 0.717) is 22.0 Å². The van der Waals surface area contributed by atoms with Gasteiger partial charge in [0.15, 0.2) is 5.78 Å². The van der Waals surface area contributed by atoms with Crippen LogP contribution in [0.15, 0.2) is 72.9 Å². The van der Waals surface area contributed by atoms with Crippen molar-refractivity contribution in [1.29, 1.82) is 0 Å². The average Bonchev–Trinajstić information content (AvgIpc) is 3.01. The van der Waals surface area contributed by atoms with Crippen molar-refractivity contribution in [3.05, 3.63) is 89.6 Å². The first-order valence-electron chi connectivity index (χ1n) is 8.98. The number of Topliss-reactive ketones (excluding diaryl/α,β-unsaturated/α-hetero) is 1. The minimum atomic E-state index is -3.88. The second-order valence-electron chi connectivity index (χ2n) is 6.80. The number of amides is 1. The van der Waals surface area contributed by atoms with E-state index in [1.54, 1.807) is 65.2 Å². The second kappa shape index (κ2) is 7.18. The molecule has 0 bridgehead atoms. The lowest BCUT2D eigenvalue weighted by molar-refractivity contribution is 0.0982. The molecule has 1 amide bonds. The van der Waals surface area contributed by atoms with Crippen LogP contribution in [0.2, 0.25) is 0 Å². The van der Waals surface area contributed by atoms with E-state index in [1.165, 1.54) is 6.92 Å². The van der Waals surface area contributed by atoms with Crippen LogP contribution in [0.4, 0.5) is 0 Å². The summed E-state index contributed by atoms with van der Waals surface area (Å²) in [5, 5.41) is 0.612. The first-order chi connectivity index (χ1) is 13.9. The predicted molar refractivity (Wildman–Crippen MR) is 111 cm³/mol. The third kappa shape index (κ3) is 3.64. The number of pyridine rings is 1. The molecule has 0 spiro atoms. The summed E-state index contributed by atoms with van der Waals surface area (Å²) in [6.07, 6.45) is 1.66. The molecule has 0 aliphatic rings. The number of para-hydroxylation sites is 1. The van der Waals surface area contributed by atoms with Crippen molar-refractivity contribution in [3.63, 3.8) is 0 Å². The van der Waals surface area contributed by atoms with Gasteiger partial charge in [-0.2, -0.15) is 0 Å². The molecule has 7 heteroatoms. The number of carbonyl (C=O) groups is 2. The lowest BCUT2D eigenvalue weighted by atomic mass is 10.1. The van der Waals surface area contributed by atoms with Gasteiger partial charge in [-0.3, -0.25) is 9.59 Å². The molecule has 6 nitrogen and oxygen atoms in total. The molecule has 0 aliphatic carbocycles. The summed E-state index contributed by atoms with van der Waals surface area (Å²) in [4.78, 5) is 24.7. The molecular weight excluding hydrogens is 388 g/mol. The van der Waals surface area contributed by atoms with E-state index in [0.717, 1.165) is 5.52 Å². The molecular formula is C22H18N2O4S. The largest absolute Gasteiger partial charge is 0.315 e. The predicted octanol–water partition coefficient (Wildman–Crippen LogP) is 3.55. The molecule has 2 heterocycles. The number of hydrogen-bond donors (Lipinski definition) is 1. The molecule has 4 rings (SSSR count). The molecule has 0 saturated carbocycles. The number of sulfonamides is 1. The van der Waals surface area contributed by atoms with Gasteiger partial charge in [0.2, 0.25) is 10.0 Å². The smallest absolute Gasteiger partial charge is 0.267 e. The Morgan fingerprint density at radius 3 is 2.31 bits per heavy atom. The molecule has 1 N–H and O–H groups in total. The van der Waals surface area contributed by atoms with Gasteiger partial charge in [-0.25, -0.2) is 13.1 Å². The van der Waals surface area contributed by atoms with Gasteiger partial charge in [0.25, 0.3) is 5.91 Å². The molecule has 0 unspecified atom stereocenters. The Morgan fingerprint density at radius 1 is 0.897 bits per heavy atom. The molecule has 0 aliphatic heterocycles. The molecule has 2 aromatic heterocycles. The number of fused-ring (bicyclic) bond motifs is 3.